The maximum absolute atomic E-state index is 6.11. The quantitative estimate of drug-likeness (QED) is 0.883. The van der Waals surface area contributed by atoms with Gasteiger partial charge in [0.1, 0.15) is 5.82 Å². The number of anilines is 2. The molecule has 0 aliphatic carbocycles. The number of morpholine rings is 1. The van der Waals surface area contributed by atoms with Crippen LogP contribution >= 0.6 is 11.6 Å². The standard InChI is InChI=1S/C13H15ClN4O/c14-9-1-2-12(18-3-5-19-6-4-18)10(7-9)11-8-16-17-13(11)15/h1-2,7-8H,3-6H2,(H3,15,16,17). The van der Waals surface area contributed by atoms with Gasteiger partial charge in [-0.1, -0.05) is 11.6 Å². The molecule has 0 saturated carbocycles. The van der Waals surface area contributed by atoms with E-state index in [1.165, 1.54) is 0 Å². The van der Waals surface area contributed by atoms with Crippen molar-refractivity contribution in [3.63, 3.8) is 0 Å². The minimum Gasteiger partial charge on any atom is -0.384 e. The first kappa shape index (κ1) is 12.3. The molecule has 6 heteroatoms. The Morgan fingerprint density at radius 2 is 2.05 bits per heavy atom. The van der Waals surface area contributed by atoms with E-state index in [0.717, 1.165) is 43.1 Å². The molecule has 1 aromatic heterocycles. The summed E-state index contributed by atoms with van der Waals surface area (Å²) in [5.74, 6) is 0.553. The molecule has 5 nitrogen and oxygen atoms in total. The average Bonchev–Trinajstić information content (AvgIpc) is 2.86. The highest BCUT2D eigenvalue weighted by Gasteiger charge is 2.18. The number of aromatic amines is 1. The average molecular weight is 279 g/mol. The van der Waals surface area contributed by atoms with Crippen LogP contribution in [-0.2, 0) is 4.74 Å². The Hall–Kier alpha value is -1.72. The molecule has 19 heavy (non-hydrogen) atoms. The van der Waals surface area contributed by atoms with E-state index in [1.54, 1.807) is 6.20 Å². The third-order valence-corrected chi connectivity index (χ3v) is 3.50. The minimum absolute atomic E-state index is 0.553. The summed E-state index contributed by atoms with van der Waals surface area (Å²) < 4.78 is 5.39. The van der Waals surface area contributed by atoms with E-state index >= 15 is 0 Å². The molecule has 3 rings (SSSR count). The lowest BCUT2D eigenvalue weighted by molar-refractivity contribution is 0.123. The molecule has 2 heterocycles. The number of hydrogen-bond donors (Lipinski definition) is 2. The van der Waals surface area contributed by atoms with E-state index in [-0.39, 0.29) is 0 Å². The SMILES string of the molecule is Nc1[nH]ncc1-c1cc(Cl)ccc1N1CCOCC1. The zero-order chi connectivity index (χ0) is 13.2. The van der Waals surface area contributed by atoms with Crippen molar-refractivity contribution in [3.05, 3.63) is 29.4 Å². The van der Waals surface area contributed by atoms with Crippen molar-refractivity contribution in [2.75, 3.05) is 36.9 Å². The number of hydrogen-bond acceptors (Lipinski definition) is 4. The Bertz CT molecular complexity index is 578. The molecular weight excluding hydrogens is 264 g/mol. The third kappa shape index (κ3) is 2.39. The van der Waals surface area contributed by atoms with Crippen LogP contribution in [-0.4, -0.2) is 36.5 Å². The predicted molar refractivity (Wildman–Crippen MR) is 76.5 cm³/mol. The largest absolute Gasteiger partial charge is 0.384 e. The highest BCUT2D eigenvalue weighted by molar-refractivity contribution is 6.31. The topological polar surface area (TPSA) is 67.2 Å². The maximum atomic E-state index is 6.11. The van der Waals surface area contributed by atoms with Gasteiger partial charge in [-0.25, -0.2) is 0 Å². The summed E-state index contributed by atoms with van der Waals surface area (Å²) in [4.78, 5) is 2.28. The number of H-pyrrole nitrogens is 1. The van der Waals surface area contributed by atoms with Gasteiger partial charge in [0.25, 0.3) is 0 Å². The lowest BCUT2D eigenvalue weighted by atomic mass is 10.1. The van der Waals surface area contributed by atoms with Crippen LogP contribution in [0, 0.1) is 0 Å². The molecule has 0 radical (unpaired) electrons. The fraction of sp³-hybridized carbons (Fsp3) is 0.308. The monoisotopic (exact) mass is 278 g/mol. The van der Waals surface area contributed by atoms with Crippen molar-refractivity contribution >= 4 is 23.1 Å². The van der Waals surface area contributed by atoms with E-state index in [2.05, 4.69) is 15.1 Å². The molecule has 3 N–H and O–H groups in total. The Kier molecular flexibility index (Phi) is 3.31. The second-order valence-electron chi connectivity index (χ2n) is 4.46. The fourth-order valence-corrected chi connectivity index (χ4v) is 2.49. The molecule has 0 atom stereocenters. The van der Waals surface area contributed by atoms with Crippen molar-refractivity contribution in [2.24, 2.45) is 0 Å². The molecule has 0 bridgehead atoms. The van der Waals surface area contributed by atoms with E-state index in [1.807, 2.05) is 18.2 Å². The van der Waals surface area contributed by atoms with Crippen molar-refractivity contribution in [3.8, 4) is 11.1 Å². The van der Waals surface area contributed by atoms with E-state index in [0.29, 0.717) is 10.8 Å². The van der Waals surface area contributed by atoms with Gasteiger partial charge in [-0.2, -0.15) is 5.10 Å². The number of nitrogens with two attached hydrogens (primary N) is 1. The number of nitrogen functional groups attached to an aromatic ring is 1. The smallest absolute Gasteiger partial charge is 0.126 e. The Balaban J connectivity index is 2.06. The van der Waals surface area contributed by atoms with Crippen LogP contribution in [0.4, 0.5) is 11.5 Å². The first-order valence-electron chi connectivity index (χ1n) is 6.17. The number of nitrogens with zero attached hydrogens (tertiary/aromatic N) is 2. The first-order valence-corrected chi connectivity index (χ1v) is 6.55. The maximum Gasteiger partial charge on any atom is 0.126 e. The number of rotatable bonds is 2. The number of nitrogens with one attached hydrogen (secondary N) is 1. The Labute approximate surface area is 116 Å². The van der Waals surface area contributed by atoms with Crippen LogP contribution < -0.4 is 10.6 Å². The van der Waals surface area contributed by atoms with Crippen LogP contribution in [0.3, 0.4) is 0 Å². The number of benzene rings is 1. The van der Waals surface area contributed by atoms with Gasteiger partial charge in [0.2, 0.25) is 0 Å². The molecule has 1 saturated heterocycles. The second kappa shape index (κ2) is 5.11. The number of halogens is 1. The summed E-state index contributed by atoms with van der Waals surface area (Å²) in [6.07, 6.45) is 1.73. The summed E-state index contributed by atoms with van der Waals surface area (Å²) >= 11 is 6.11. The van der Waals surface area contributed by atoms with Gasteiger partial charge >= 0.3 is 0 Å². The third-order valence-electron chi connectivity index (χ3n) is 3.27. The van der Waals surface area contributed by atoms with Gasteiger partial charge in [0, 0.05) is 34.9 Å². The second-order valence-corrected chi connectivity index (χ2v) is 4.89. The molecular formula is C13H15ClN4O. The Morgan fingerprint density at radius 1 is 1.26 bits per heavy atom. The van der Waals surface area contributed by atoms with Crippen LogP contribution in [0.25, 0.3) is 11.1 Å². The molecule has 0 spiro atoms. The van der Waals surface area contributed by atoms with Gasteiger partial charge in [-0.05, 0) is 18.2 Å². The first-order chi connectivity index (χ1) is 9.25. The summed E-state index contributed by atoms with van der Waals surface area (Å²) in [5.41, 5.74) is 8.91. The van der Waals surface area contributed by atoms with E-state index < -0.39 is 0 Å². The summed E-state index contributed by atoms with van der Waals surface area (Å²) in [5, 5.41) is 7.42. The lowest BCUT2D eigenvalue weighted by Crippen LogP contribution is -2.36. The van der Waals surface area contributed by atoms with Crippen molar-refractivity contribution in [2.45, 2.75) is 0 Å². The van der Waals surface area contributed by atoms with Gasteiger partial charge in [-0.3, -0.25) is 5.10 Å². The Morgan fingerprint density at radius 3 is 2.74 bits per heavy atom. The van der Waals surface area contributed by atoms with Gasteiger partial charge in [0.05, 0.1) is 19.4 Å². The predicted octanol–water partition coefficient (Wildman–Crippen LogP) is 2.15. The zero-order valence-electron chi connectivity index (χ0n) is 10.4. The van der Waals surface area contributed by atoms with Gasteiger partial charge < -0.3 is 15.4 Å². The van der Waals surface area contributed by atoms with Crippen molar-refractivity contribution < 1.29 is 4.74 Å². The summed E-state index contributed by atoms with van der Waals surface area (Å²) in [6.45, 7) is 3.21. The molecule has 100 valence electrons. The summed E-state index contributed by atoms with van der Waals surface area (Å²) in [6, 6.07) is 5.84. The van der Waals surface area contributed by atoms with E-state index in [9.17, 15) is 0 Å². The lowest BCUT2D eigenvalue weighted by Gasteiger charge is -2.30. The van der Waals surface area contributed by atoms with Crippen LogP contribution in [0.5, 0.6) is 0 Å². The van der Waals surface area contributed by atoms with Crippen LogP contribution in [0.2, 0.25) is 5.02 Å². The minimum atomic E-state index is 0.553. The fourth-order valence-electron chi connectivity index (χ4n) is 2.31. The van der Waals surface area contributed by atoms with Crippen LogP contribution in [0.1, 0.15) is 0 Å². The van der Waals surface area contributed by atoms with Crippen LogP contribution in [0.15, 0.2) is 24.4 Å². The molecule has 1 fully saturated rings. The molecule has 2 aromatic rings. The van der Waals surface area contributed by atoms with Gasteiger partial charge in [-0.15, -0.1) is 0 Å². The molecule has 0 amide bonds. The normalized spacial score (nSPS) is 15.7. The highest BCUT2D eigenvalue weighted by Crippen LogP contribution is 2.35. The highest BCUT2D eigenvalue weighted by atomic mass is 35.5. The van der Waals surface area contributed by atoms with E-state index in [4.69, 9.17) is 22.1 Å². The molecule has 1 aliphatic heterocycles. The van der Waals surface area contributed by atoms with Crippen molar-refractivity contribution in [1.82, 2.24) is 10.2 Å². The molecule has 1 aliphatic rings. The number of ether oxygens (including phenoxy) is 1. The zero-order valence-corrected chi connectivity index (χ0v) is 11.2. The van der Waals surface area contributed by atoms with Crippen molar-refractivity contribution in [1.29, 1.82) is 0 Å². The molecule has 1 aromatic carbocycles. The van der Waals surface area contributed by atoms with Gasteiger partial charge in [0.15, 0.2) is 0 Å². The number of aromatic nitrogens is 2. The molecule has 0 unspecified atom stereocenters. The summed E-state index contributed by atoms with van der Waals surface area (Å²) in [7, 11) is 0.